The summed E-state index contributed by atoms with van der Waals surface area (Å²) in [5.41, 5.74) is 0.641. The van der Waals surface area contributed by atoms with Gasteiger partial charge >= 0.3 is 5.97 Å². The van der Waals surface area contributed by atoms with Gasteiger partial charge in [0.1, 0.15) is 5.75 Å². The van der Waals surface area contributed by atoms with Gasteiger partial charge < -0.3 is 14.6 Å². The molecule has 1 fully saturated rings. The SMILES string of the molecule is CCOc1ccc(C2(C(CC)C(=O)O)COC2)cc1. The number of rotatable bonds is 6. The van der Waals surface area contributed by atoms with E-state index in [4.69, 9.17) is 9.47 Å². The molecule has 1 unspecified atom stereocenters. The van der Waals surface area contributed by atoms with Crippen LogP contribution in [-0.2, 0) is 14.9 Å². The van der Waals surface area contributed by atoms with Crippen molar-refractivity contribution in [2.75, 3.05) is 19.8 Å². The third kappa shape index (κ3) is 2.45. The molecule has 1 aromatic rings. The highest BCUT2D eigenvalue weighted by atomic mass is 16.5. The van der Waals surface area contributed by atoms with Gasteiger partial charge in [-0.05, 0) is 31.0 Å². The van der Waals surface area contributed by atoms with Crippen molar-refractivity contribution in [1.82, 2.24) is 0 Å². The molecule has 0 amide bonds. The fourth-order valence-corrected chi connectivity index (χ4v) is 2.74. The van der Waals surface area contributed by atoms with Crippen LogP contribution < -0.4 is 4.74 Å². The molecule has 1 aliphatic rings. The van der Waals surface area contributed by atoms with Gasteiger partial charge in [0.05, 0.1) is 31.2 Å². The van der Waals surface area contributed by atoms with Crippen LogP contribution in [0, 0.1) is 5.92 Å². The van der Waals surface area contributed by atoms with Gasteiger partial charge in [0.25, 0.3) is 0 Å². The van der Waals surface area contributed by atoms with Crippen LogP contribution in [-0.4, -0.2) is 30.9 Å². The molecular weight excluding hydrogens is 244 g/mol. The summed E-state index contributed by atoms with van der Waals surface area (Å²) in [5, 5.41) is 9.39. The van der Waals surface area contributed by atoms with Gasteiger partial charge in [0, 0.05) is 0 Å². The minimum Gasteiger partial charge on any atom is -0.494 e. The van der Waals surface area contributed by atoms with Gasteiger partial charge in [-0.25, -0.2) is 0 Å². The van der Waals surface area contributed by atoms with E-state index in [-0.39, 0.29) is 5.41 Å². The van der Waals surface area contributed by atoms with Gasteiger partial charge in [-0.2, -0.15) is 0 Å². The summed E-state index contributed by atoms with van der Waals surface area (Å²) in [4.78, 5) is 11.4. The van der Waals surface area contributed by atoms with Gasteiger partial charge in [-0.1, -0.05) is 19.1 Å². The molecule has 1 heterocycles. The molecule has 0 spiro atoms. The molecular formula is C15H20O4. The number of aliphatic carboxylic acids is 1. The maximum atomic E-state index is 11.4. The number of carboxylic acids is 1. The first kappa shape index (κ1) is 13.9. The molecule has 104 valence electrons. The van der Waals surface area contributed by atoms with E-state index < -0.39 is 11.9 Å². The Morgan fingerprint density at radius 2 is 2.00 bits per heavy atom. The van der Waals surface area contributed by atoms with Gasteiger partial charge in [-0.15, -0.1) is 0 Å². The molecule has 0 radical (unpaired) electrons. The van der Waals surface area contributed by atoms with Crippen molar-refractivity contribution in [1.29, 1.82) is 0 Å². The molecule has 0 bridgehead atoms. The lowest BCUT2D eigenvalue weighted by atomic mass is 9.67. The predicted molar refractivity (Wildman–Crippen MR) is 71.5 cm³/mol. The summed E-state index contributed by atoms with van der Waals surface area (Å²) in [6.07, 6.45) is 0.603. The minimum atomic E-state index is -0.750. The van der Waals surface area contributed by atoms with Crippen LogP contribution in [0.5, 0.6) is 5.75 Å². The largest absolute Gasteiger partial charge is 0.494 e. The number of ether oxygens (including phenoxy) is 2. The van der Waals surface area contributed by atoms with Crippen molar-refractivity contribution in [3.05, 3.63) is 29.8 Å². The first-order chi connectivity index (χ1) is 9.14. The van der Waals surface area contributed by atoms with E-state index in [9.17, 15) is 9.90 Å². The second-order valence-electron chi connectivity index (χ2n) is 4.91. The molecule has 1 saturated heterocycles. The molecule has 1 atom stereocenters. The predicted octanol–water partition coefficient (Wildman–Crippen LogP) is 2.46. The standard InChI is InChI=1S/C15H20O4/c1-3-13(14(16)17)15(9-18-10-15)11-5-7-12(8-6-11)19-4-2/h5-8,13H,3-4,9-10H2,1-2H3,(H,16,17). The maximum absolute atomic E-state index is 11.4. The number of carboxylic acid groups (broad SMARTS) is 1. The lowest BCUT2D eigenvalue weighted by molar-refractivity contribution is -0.157. The number of hydrogen-bond donors (Lipinski definition) is 1. The zero-order valence-electron chi connectivity index (χ0n) is 11.4. The summed E-state index contributed by atoms with van der Waals surface area (Å²) < 4.78 is 10.7. The van der Waals surface area contributed by atoms with Crippen LogP contribution in [0.1, 0.15) is 25.8 Å². The van der Waals surface area contributed by atoms with Crippen LogP contribution in [0.3, 0.4) is 0 Å². The number of carbonyl (C=O) groups is 1. The van der Waals surface area contributed by atoms with Crippen LogP contribution in [0.2, 0.25) is 0 Å². The second kappa shape index (κ2) is 5.61. The van der Waals surface area contributed by atoms with Crippen molar-refractivity contribution >= 4 is 5.97 Å². The molecule has 4 nitrogen and oxygen atoms in total. The van der Waals surface area contributed by atoms with Crippen molar-refractivity contribution < 1.29 is 19.4 Å². The van der Waals surface area contributed by atoms with Crippen LogP contribution in [0.25, 0.3) is 0 Å². The summed E-state index contributed by atoms with van der Waals surface area (Å²) >= 11 is 0. The zero-order valence-corrected chi connectivity index (χ0v) is 11.4. The smallest absolute Gasteiger partial charge is 0.307 e. The quantitative estimate of drug-likeness (QED) is 0.857. The Labute approximate surface area is 113 Å². The van der Waals surface area contributed by atoms with Gasteiger partial charge in [0.2, 0.25) is 0 Å². The van der Waals surface area contributed by atoms with E-state index in [1.807, 2.05) is 38.1 Å². The second-order valence-corrected chi connectivity index (χ2v) is 4.91. The molecule has 1 N–H and O–H groups in total. The van der Waals surface area contributed by atoms with Crippen LogP contribution >= 0.6 is 0 Å². The van der Waals surface area contributed by atoms with E-state index in [1.165, 1.54) is 0 Å². The average molecular weight is 264 g/mol. The van der Waals surface area contributed by atoms with Crippen molar-refractivity contribution in [3.63, 3.8) is 0 Å². The molecule has 0 aliphatic carbocycles. The Kier molecular flexibility index (Phi) is 4.10. The molecule has 1 aliphatic heterocycles. The fourth-order valence-electron chi connectivity index (χ4n) is 2.74. The Bertz CT molecular complexity index is 434. The van der Waals surface area contributed by atoms with Crippen molar-refractivity contribution in [3.8, 4) is 5.75 Å². The Morgan fingerprint density at radius 1 is 1.37 bits per heavy atom. The summed E-state index contributed by atoms with van der Waals surface area (Å²) in [7, 11) is 0. The topological polar surface area (TPSA) is 55.8 Å². The average Bonchev–Trinajstić information content (AvgIpc) is 2.34. The van der Waals surface area contributed by atoms with Gasteiger partial charge in [0.15, 0.2) is 0 Å². The minimum absolute atomic E-state index is 0.384. The lowest BCUT2D eigenvalue weighted by Crippen LogP contribution is -2.54. The van der Waals surface area contributed by atoms with Crippen molar-refractivity contribution in [2.45, 2.75) is 25.7 Å². The summed E-state index contributed by atoms with van der Waals surface area (Å²) in [5.74, 6) is -0.344. The Hall–Kier alpha value is -1.55. The molecule has 1 aromatic carbocycles. The van der Waals surface area contributed by atoms with Crippen LogP contribution in [0.4, 0.5) is 0 Å². The van der Waals surface area contributed by atoms with E-state index in [2.05, 4.69) is 0 Å². The van der Waals surface area contributed by atoms with Crippen molar-refractivity contribution in [2.24, 2.45) is 5.92 Å². The Balaban J connectivity index is 2.28. The van der Waals surface area contributed by atoms with Gasteiger partial charge in [-0.3, -0.25) is 4.79 Å². The number of hydrogen-bond acceptors (Lipinski definition) is 3. The fraction of sp³-hybridized carbons (Fsp3) is 0.533. The molecule has 2 rings (SSSR count). The first-order valence-corrected chi connectivity index (χ1v) is 6.68. The molecule has 0 saturated carbocycles. The third-order valence-corrected chi connectivity index (χ3v) is 3.83. The van der Waals surface area contributed by atoms with E-state index >= 15 is 0 Å². The third-order valence-electron chi connectivity index (χ3n) is 3.83. The molecule has 19 heavy (non-hydrogen) atoms. The van der Waals surface area contributed by atoms with E-state index in [0.29, 0.717) is 26.2 Å². The van der Waals surface area contributed by atoms with E-state index in [1.54, 1.807) is 0 Å². The highest BCUT2D eigenvalue weighted by molar-refractivity contribution is 5.73. The lowest BCUT2D eigenvalue weighted by Gasteiger charge is -2.45. The molecule has 0 aromatic heterocycles. The highest BCUT2D eigenvalue weighted by Crippen LogP contribution is 2.41. The highest BCUT2D eigenvalue weighted by Gasteiger charge is 2.49. The number of benzene rings is 1. The Morgan fingerprint density at radius 3 is 2.37 bits per heavy atom. The summed E-state index contributed by atoms with van der Waals surface area (Å²) in [6, 6.07) is 7.71. The normalized spacial score (nSPS) is 18.4. The zero-order chi connectivity index (χ0) is 13.9. The maximum Gasteiger partial charge on any atom is 0.307 e. The monoisotopic (exact) mass is 264 g/mol. The first-order valence-electron chi connectivity index (χ1n) is 6.68. The van der Waals surface area contributed by atoms with Crippen LogP contribution in [0.15, 0.2) is 24.3 Å². The molecule has 4 heteroatoms. The summed E-state index contributed by atoms with van der Waals surface area (Å²) in [6.45, 7) is 5.43. The van der Waals surface area contributed by atoms with E-state index in [0.717, 1.165) is 11.3 Å².